The molecular weight excluding hydrogens is 206 g/mol. The molecule has 0 aliphatic rings. The number of rotatable bonds is 3. The minimum atomic E-state index is 0. The van der Waals surface area contributed by atoms with Gasteiger partial charge in [0.2, 0.25) is 0 Å². The van der Waals surface area contributed by atoms with Crippen LogP contribution in [-0.4, -0.2) is 0 Å². The van der Waals surface area contributed by atoms with Crippen molar-refractivity contribution in [1.82, 2.24) is 0 Å². The molecule has 2 N–H and O–H groups in total. The van der Waals surface area contributed by atoms with Gasteiger partial charge in [0.25, 0.3) is 0 Å². The van der Waals surface area contributed by atoms with Crippen LogP contribution in [0.4, 0.5) is 0 Å². The van der Waals surface area contributed by atoms with Crippen LogP contribution in [0.2, 0.25) is 0 Å². The Bertz CT molecular complexity index is 287. The summed E-state index contributed by atoms with van der Waals surface area (Å²) in [5.41, 5.74) is 10.0. The lowest BCUT2D eigenvalue weighted by atomic mass is 9.95. The fraction of sp³-hybridized carbons (Fsp3) is 0.538. The molecule has 2 heteroatoms. The number of nitrogens with two attached hydrogens (primary N) is 1. The Morgan fingerprint density at radius 2 is 1.53 bits per heavy atom. The summed E-state index contributed by atoms with van der Waals surface area (Å²) in [6.45, 7) is 8.67. The molecule has 0 radical (unpaired) electrons. The molecule has 0 unspecified atom stereocenters. The van der Waals surface area contributed by atoms with Gasteiger partial charge in [-0.2, -0.15) is 0 Å². The third-order valence-corrected chi connectivity index (χ3v) is 2.40. The van der Waals surface area contributed by atoms with E-state index in [-0.39, 0.29) is 18.4 Å². The number of hydrogen-bond donors (Lipinski definition) is 1. The van der Waals surface area contributed by atoms with Crippen molar-refractivity contribution < 1.29 is 0 Å². The van der Waals surface area contributed by atoms with Gasteiger partial charge in [0.1, 0.15) is 0 Å². The summed E-state index contributed by atoms with van der Waals surface area (Å²) in [6, 6.07) is 6.76. The summed E-state index contributed by atoms with van der Waals surface area (Å²) in [4.78, 5) is 0. The largest absolute Gasteiger partial charge is 0.324 e. The Morgan fingerprint density at radius 3 is 1.93 bits per heavy atom. The molecule has 1 atom stereocenters. The van der Waals surface area contributed by atoms with Crippen LogP contribution in [0.25, 0.3) is 0 Å². The van der Waals surface area contributed by atoms with Gasteiger partial charge in [-0.3, -0.25) is 0 Å². The Balaban J connectivity index is 0.00000196. The Hall–Kier alpha value is -0.530. The first-order valence-electron chi connectivity index (χ1n) is 5.33. The third kappa shape index (κ3) is 4.67. The average Bonchev–Trinajstić information content (AvgIpc) is 2.00. The average molecular weight is 228 g/mol. The van der Waals surface area contributed by atoms with E-state index in [1.807, 2.05) is 0 Å². The topological polar surface area (TPSA) is 26.0 Å². The molecule has 15 heavy (non-hydrogen) atoms. The van der Waals surface area contributed by atoms with Crippen LogP contribution in [0.5, 0.6) is 0 Å². The van der Waals surface area contributed by atoms with Gasteiger partial charge in [-0.25, -0.2) is 0 Å². The molecule has 0 spiro atoms. The number of benzene rings is 1. The lowest BCUT2D eigenvalue weighted by Crippen LogP contribution is -2.13. The van der Waals surface area contributed by atoms with Crippen molar-refractivity contribution in [3.63, 3.8) is 0 Å². The zero-order valence-electron chi connectivity index (χ0n) is 10.1. The van der Waals surface area contributed by atoms with E-state index in [2.05, 4.69) is 45.9 Å². The lowest BCUT2D eigenvalue weighted by molar-refractivity contribution is 0.509. The van der Waals surface area contributed by atoms with Crippen LogP contribution in [0.3, 0.4) is 0 Å². The highest BCUT2D eigenvalue weighted by Gasteiger charge is 2.08. The van der Waals surface area contributed by atoms with Crippen LogP contribution in [-0.2, 0) is 0 Å². The molecule has 1 aromatic carbocycles. The highest BCUT2D eigenvalue weighted by molar-refractivity contribution is 5.85. The molecule has 86 valence electrons. The van der Waals surface area contributed by atoms with Crippen molar-refractivity contribution in [3.05, 3.63) is 34.9 Å². The first kappa shape index (κ1) is 14.5. The van der Waals surface area contributed by atoms with Crippen molar-refractivity contribution in [2.45, 2.75) is 40.2 Å². The first-order valence-corrected chi connectivity index (χ1v) is 5.33. The summed E-state index contributed by atoms with van der Waals surface area (Å²) in [7, 11) is 0. The molecule has 0 bridgehead atoms. The molecule has 1 rings (SSSR count). The van der Waals surface area contributed by atoms with Crippen LogP contribution < -0.4 is 5.73 Å². The van der Waals surface area contributed by atoms with E-state index in [0.29, 0.717) is 5.92 Å². The van der Waals surface area contributed by atoms with Crippen molar-refractivity contribution >= 4 is 12.4 Å². The number of aryl methyl sites for hydroxylation is 2. The van der Waals surface area contributed by atoms with E-state index in [1.165, 1.54) is 16.7 Å². The standard InChI is InChI=1S/C13H21N.ClH/c1-9(2)5-13(14)12-7-10(3)6-11(4)8-12;/h6-9,13H,5,14H2,1-4H3;1H/t13-;/m0./s1. The minimum Gasteiger partial charge on any atom is -0.324 e. The fourth-order valence-corrected chi connectivity index (χ4v) is 1.87. The maximum atomic E-state index is 6.13. The van der Waals surface area contributed by atoms with Gasteiger partial charge in [-0.1, -0.05) is 43.2 Å². The molecule has 0 saturated heterocycles. The molecule has 0 aliphatic heterocycles. The van der Waals surface area contributed by atoms with Gasteiger partial charge in [0.05, 0.1) is 0 Å². The molecule has 0 saturated carbocycles. The van der Waals surface area contributed by atoms with Gasteiger partial charge >= 0.3 is 0 Å². The number of halogens is 1. The molecular formula is C13H22ClN. The van der Waals surface area contributed by atoms with Crippen LogP contribution in [0.1, 0.15) is 43.0 Å². The van der Waals surface area contributed by atoms with E-state index in [9.17, 15) is 0 Å². The normalized spacial score (nSPS) is 12.4. The van der Waals surface area contributed by atoms with Crippen molar-refractivity contribution in [2.24, 2.45) is 11.7 Å². The molecule has 0 aliphatic carbocycles. The van der Waals surface area contributed by atoms with E-state index in [1.54, 1.807) is 0 Å². The molecule has 0 amide bonds. The fourth-order valence-electron chi connectivity index (χ4n) is 1.87. The van der Waals surface area contributed by atoms with E-state index in [4.69, 9.17) is 5.73 Å². The van der Waals surface area contributed by atoms with Crippen molar-refractivity contribution in [2.75, 3.05) is 0 Å². The second-order valence-corrected chi connectivity index (χ2v) is 4.66. The SMILES string of the molecule is Cc1cc(C)cc([C@@H](N)CC(C)C)c1.Cl. The summed E-state index contributed by atoms with van der Waals surface area (Å²) in [6.07, 6.45) is 1.06. The van der Waals surface area contributed by atoms with Crippen LogP contribution >= 0.6 is 12.4 Å². The third-order valence-electron chi connectivity index (χ3n) is 2.40. The van der Waals surface area contributed by atoms with Crippen LogP contribution in [0.15, 0.2) is 18.2 Å². The second kappa shape index (κ2) is 6.14. The van der Waals surface area contributed by atoms with E-state index in [0.717, 1.165) is 6.42 Å². The van der Waals surface area contributed by atoms with E-state index >= 15 is 0 Å². The Kier molecular flexibility index (Phi) is 5.92. The Morgan fingerprint density at radius 1 is 1.07 bits per heavy atom. The molecule has 0 aromatic heterocycles. The number of hydrogen-bond acceptors (Lipinski definition) is 1. The molecule has 1 aromatic rings. The minimum absolute atomic E-state index is 0. The summed E-state index contributed by atoms with van der Waals surface area (Å²) >= 11 is 0. The van der Waals surface area contributed by atoms with Crippen molar-refractivity contribution in [1.29, 1.82) is 0 Å². The molecule has 1 nitrogen and oxygen atoms in total. The zero-order valence-corrected chi connectivity index (χ0v) is 10.9. The quantitative estimate of drug-likeness (QED) is 0.836. The highest BCUT2D eigenvalue weighted by atomic mass is 35.5. The predicted molar refractivity (Wildman–Crippen MR) is 69.5 cm³/mol. The zero-order chi connectivity index (χ0) is 10.7. The summed E-state index contributed by atoms with van der Waals surface area (Å²) in [5.74, 6) is 0.658. The van der Waals surface area contributed by atoms with Crippen molar-refractivity contribution in [3.8, 4) is 0 Å². The maximum Gasteiger partial charge on any atom is 0.0297 e. The molecule has 0 heterocycles. The smallest absolute Gasteiger partial charge is 0.0297 e. The first-order chi connectivity index (χ1) is 6.49. The van der Waals surface area contributed by atoms with Gasteiger partial charge in [-0.05, 0) is 31.7 Å². The highest BCUT2D eigenvalue weighted by Crippen LogP contribution is 2.20. The van der Waals surface area contributed by atoms with Gasteiger partial charge in [0, 0.05) is 6.04 Å². The summed E-state index contributed by atoms with van der Waals surface area (Å²) in [5, 5.41) is 0. The predicted octanol–water partition coefficient (Wildman–Crippen LogP) is 3.77. The Labute approximate surface area is 99.5 Å². The van der Waals surface area contributed by atoms with Crippen LogP contribution in [0, 0.1) is 19.8 Å². The van der Waals surface area contributed by atoms with Gasteiger partial charge < -0.3 is 5.73 Å². The van der Waals surface area contributed by atoms with Gasteiger partial charge in [-0.15, -0.1) is 12.4 Å². The summed E-state index contributed by atoms with van der Waals surface area (Å²) < 4.78 is 0. The van der Waals surface area contributed by atoms with Gasteiger partial charge in [0.15, 0.2) is 0 Å². The van der Waals surface area contributed by atoms with E-state index < -0.39 is 0 Å². The monoisotopic (exact) mass is 227 g/mol. The molecule has 0 fully saturated rings. The second-order valence-electron chi connectivity index (χ2n) is 4.66. The maximum absolute atomic E-state index is 6.13. The lowest BCUT2D eigenvalue weighted by Gasteiger charge is -2.15.